The van der Waals surface area contributed by atoms with Gasteiger partial charge in [-0.3, -0.25) is 7.58 Å². The first-order valence-corrected chi connectivity index (χ1v) is 6.58. The molecule has 0 spiro atoms. The number of hydrogen-bond donors (Lipinski definition) is 1. The van der Waals surface area contributed by atoms with Crippen molar-refractivity contribution in [2.45, 2.75) is 20.1 Å². The second kappa shape index (κ2) is 3.44. The number of carbonyl (C=O) groups excluding carboxylic acids is 1. The molecule has 1 aromatic rings. The first-order chi connectivity index (χ1) is 7.93. The number of piperidine rings is 1. The summed E-state index contributed by atoms with van der Waals surface area (Å²) in [5, 5.41) is 10.1. The third kappa shape index (κ3) is 1.53. The summed E-state index contributed by atoms with van der Waals surface area (Å²) < 4.78 is 1.71. The topological polar surface area (TPSA) is 58.4 Å². The molecule has 1 amide bonds. The van der Waals surface area contributed by atoms with Gasteiger partial charge in [0, 0.05) is 18.7 Å². The molecule has 3 rings (SSSR count). The van der Waals surface area contributed by atoms with Crippen LogP contribution in [0.15, 0.2) is 12.5 Å². The van der Waals surface area contributed by atoms with E-state index in [-0.39, 0.29) is 17.2 Å². The molecular formula is C11H14IN3O2. The number of hydrogen-bond acceptors (Lipinski definition) is 3. The van der Waals surface area contributed by atoms with E-state index >= 15 is 0 Å². The Bertz CT molecular complexity index is 485. The van der Waals surface area contributed by atoms with E-state index in [4.69, 9.17) is 0 Å². The summed E-state index contributed by atoms with van der Waals surface area (Å²) in [6.45, 7) is 4.94. The van der Waals surface area contributed by atoms with Crippen LogP contribution < -0.4 is 0 Å². The van der Waals surface area contributed by atoms with Gasteiger partial charge in [-0.25, -0.2) is 4.98 Å². The maximum Gasteiger partial charge on any atom is 0.276 e. The van der Waals surface area contributed by atoms with Crippen LogP contribution in [0.1, 0.15) is 24.3 Å². The minimum atomic E-state index is -0.651. The third-order valence-electron chi connectivity index (χ3n) is 4.21. The largest absolute Gasteiger partial charge is 0.373 e. The van der Waals surface area contributed by atoms with Crippen LogP contribution in [0.25, 0.3) is 0 Å². The molecule has 1 N–H and O–H groups in total. The molecule has 1 saturated carbocycles. The Labute approximate surface area is 113 Å². The van der Waals surface area contributed by atoms with Crippen LogP contribution in [0, 0.1) is 17.3 Å². The minimum Gasteiger partial charge on any atom is -0.373 e. The molecule has 5 nitrogen and oxygen atoms in total. The number of likely N-dealkylation sites (tertiary alicyclic amines) is 1. The number of fused-ring (bicyclic) bond motifs is 1. The van der Waals surface area contributed by atoms with Gasteiger partial charge in [0.1, 0.15) is 18.2 Å². The number of aliphatic hydroxyl groups excluding tert-OH is 1. The molecule has 0 bridgehead atoms. The van der Waals surface area contributed by atoms with Gasteiger partial charge in [-0.1, -0.05) is 13.8 Å². The number of nitrogens with zero attached hydrogens (tertiary/aromatic N) is 3. The van der Waals surface area contributed by atoms with Crippen LogP contribution in [-0.4, -0.2) is 36.5 Å². The van der Waals surface area contributed by atoms with E-state index in [9.17, 15) is 9.90 Å². The number of rotatable bonds is 1. The predicted octanol–water partition coefficient (Wildman–Crippen LogP) is 1.13. The highest BCUT2D eigenvalue weighted by molar-refractivity contribution is 14.1. The Hall–Kier alpha value is -0.630. The number of halogens is 1. The maximum atomic E-state index is 12.1. The zero-order valence-electron chi connectivity index (χ0n) is 9.67. The van der Waals surface area contributed by atoms with Crippen LogP contribution in [0.3, 0.4) is 0 Å². The quantitative estimate of drug-likeness (QED) is 0.775. The van der Waals surface area contributed by atoms with Gasteiger partial charge < -0.3 is 10.0 Å². The Morgan fingerprint density at radius 2 is 2.35 bits per heavy atom. The van der Waals surface area contributed by atoms with Gasteiger partial charge in [0.25, 0.3) is 5.91 Å². The van der Waals surface area contributed by atoms with E-state index in [0.717, 1.165) is 0 Å². The summed E-state index contributed by atoms with van der Waals surface area (Å²) in [4.78, 5) is 17.7. The molecule has 2 fully saturated rings. The summed E-state index contributed by atoms with van der Waals surface area (Å²) in [6, 6.07) is 0. The number of aromatic nitrogens is 2. The molecule has 1 aromatic heterocycles. The Kier molecular flexibility index (Phi) is 2.32. The van der Waals surface area contributed by atoms with Crippen molar-refractivity contribution in [3.63, 3.8) is 0 Å². The molecule has 1 saturated heterocycles. The van der Waals surface area contributed by atoms with Crippen molar-refractivity contribution in [3.8, 4) is 0 Å². The summed E-state index contributed by atoms with van der Waals surface area (Å²) in [7, 11) is 0. The van der Waals surface area contributed by atoms with E-state index in [1.807, 2.05) is 22.9 Å². The zero-order chi connectivity index (χ0) is 12.4. The Morgan fingerprint density at radius 3 is 2.82 bits per heavy atom. The fourth-order valence-electron chi connectivity index (χ4n) is 3.00. The smallest absolute Gasteiger partial charge is 0.276 e. The minimum absolute atomic E-state index is 0.170. The lowest BCUT2D eigenvalue weighted by Crippen LogP contribution is -2.40. The van der Waals surface area contributed by atoms with Crippen molar-refractivity contribution in [3.05, 3.63) is 18.2 Å². The van der Waals surface area contributed by atoms with Crippen molar-refractivity contribution in [2.75, 3.05) is 6.54 Å². The van der Waals surface area contributed by atoms with Crippen molar-refractivity contribution < 1.29 is 9.90 Å². The van der Waals surface area contributed by atoms with Gasteiger partial charge in [0.2, 0.25) is 0 Å². The van der Waals surface area contributed by atoms with Crippen LogP contribution in [0.2, 0.25) is 0 Å². The van der Waals surface area contributed by atoms with Crippen molar-refractivity contribution in [1.29, 1.82) is 0 Å². The lowest BCUT2D eigenvalue weighted by atomic mass is 10.1. The zero-order valence-corrected chi connectivity index (χ0v) is 11.8. The fraction of sp³-hybridized carbons (Fsp3) is 0.636. The predicted molar refractivity (Wildman–Crippen MR) is 69.4 cm³/mol. The normalized spacial score (nSPS) is 33.6. The van der Waals surface area contributed by atoms with Gasteiger partial charge in [0.15, 0.2) is 0 Å². The summed E-state index contributed by atoms with van der Waals surface area (Å²) in [5.41, 5.74) is 0.580. The first kappa shape index (κ1) is 11.5. The van der Waals surface area contributed by atoms with Gasteiger partial charge in [-0.05, 0) is 11.3 Å². The van der Waals surface area contributed by atoms with Crippen LogP contribution in [-0.2, 0) is 0 Å². The molecule has 3 atom stereocenters. The number of aliphatic hydroxyl groups is 1. The average molecular weight is 347 g/mol. The molecular weight excluding hydrogens is 333 g/mol. The molecule has 92 valence electrons. The Morgan fingerprint density at radius 1 is 1.65 bits per heavy atom. The summed E-state index contributed by atoms with van der Waals surface area (Å²) >= 11 is 2.04. The van der Waals surface area contributed by atoms with Crippen LogP contribution in [0.4, 0.5) is 0 Å². The van der Waals surface area contributed by atoms with E-state index in [1.165, 1.54) is 0 Å². The second-order valence-corrected chi connectivity index (χ2v) is 6.54. The molecule has 17 heavy (non-hydrogen) atoms. The molecule has 0 radical (unpaired) electrons. The van der Waals surface area contributed by atoms with E-state index in [1.54, 1.807) is 20.2 Å². The maximum absolute atomic E-state index is 12.1. The number of amides is 1. The molecule has 2 heterocycles. The molecule has 6 heteroatoms. The van der Waals surface area contributed by atoms with E-state index in [2.05, 4.69) is 18.8 Å². The number of imidazole rings is 1. The highest BCUT2D eigenvalue weighted by atomic mass is 127. The molecule has 1 unspecified atom stereocenters. The average Bonchev–Trinajstić information content (AvgIpc) is 2.64. The highest BCUT2D eigenvalue weighted by Crippen LogP contribution is 2.64. The fourth-order valence-corrected chi connectivity index (χ4v) is 3.39. The SMILES string of the molecule is CC1(C)C2CN(C(=O)c3cn(I)cn3)[C@H](O)[C@H]21. The Balaban J connectivity index is 1.78. The van der Waals surface area contributed by atoms with Gasteiger partial charge in [0.05, 0.1) is 22.9 Å². The third-order valence-corrected chi connectivity index (χ3v) is 4.73. The lowest BCUT2D eigenvalue weighted by Gasteiger charge is -2.26. The first-order valence-electron chi connectivity index (χ1n) is 5.62. The summed E-state index contributed by atoms with van der Waals surface area (Å²) in [6.07, 6.45) is 2.60. The van der Waals surface area contributed by atoms with Crippen LogP contribution in [0.5, 0.6) is 0 Å². The van der Waals surface area contributed by atoms with E-state index < -0.39 is 6.23 Å². The van der Waals surface area contributed by atoms with Crippen molar-refractivity contribution in [2.24, 2.45) is 17.3 Å². The van der Waals surface area contributed by atoms with Gasteiger partial charge >= 0.3 is 0 Å². The van der Waals surface area contributed by atoms with Crippen molar-refractivity contribution in [1.82, 2.24) is 12.7 Å². The van der Waals surface area contributed by atoms with Crippen LogP contribution >= 0.6 is 22.9 Å². The van der Waals surface area contributed by atoms with Gasteiger partial charge in [-0.15, -0.1) is 0 Å². The number of carbonyl (C=O) groups is 1. The highest BCUT2D eigenvalue weighted by Gasteiger charge is 2.67. The monoisotopic (exact) mass is 347 g/mol. The molecule has 1 aliphatic heterocycles. The lowest BCUT2D eigenvalue weighted by molar-refractivity contribution is 0.00346. The molecule has 1 aliphatic carbocycles. The van der Waals surface area contributed by atoms with Crippen molar-refractivity contribution >= 4 is 28.8 Å². The van der Waals surface area contributed by atoms with Gasteiger partial charge in [-0.2, -0.15) is 0 Å². The molecule has 2 aliphatic rings. The summed E-state index contributed by atoms with van der Waals surface area (Å²) in [5.74, 6) is 0.493. The standard InChI is InChI=1S/C11H14IN3O2/c1-11(2)6-3-15(10(17)8(6)11)9(16)7-4-14(12)5-13-7/h4-6,8,10,17H,3H2,1-2H3/t6?,8-,10+/m0/s1. The van der Waals surface area contributed by atoms with E-state index in [0.29, 0.717) is 18.2 Å². The second-order valence-electron chi connectivity index (χ2n) is 5.43. The molecule has 0 aromatic carbocycles.